The van der Waals surface area contributed by atoms with Crippen molar-refractivity contribution in [1.29, 1.82) is 0 Å². The summed E-state index contributed by atoms with van der Waals surface area (Å²) < 4.78 is 5.32. The maximum atomic E-state index is 5.60. The lowest BCUT2D eigenvalue weighted by Crippen LogP contribution is -2.16. The average molecular weight is 277 g/mol. The van der Waals surface area contributed by atoms with Crippen LogP contribution in [0.25, 0.3) is 6.08 Å². The van der Waals surface area contributed by atoms with Gasteiger partial charge >= 0.3 is 0 Å². The Hall–Kier alpha value is -2.66. The number of methoxy groups -OCH3 is 1. The number of terminal acetylenes is 1. The summed E-state index contributed by atoms with van der Waals surface area (Å²) in [6.07, 6.45) is 10.5. The van der Waals surface area contributed by atoms with Gasteiger partial charge in [-0.05, 0) is 24.1 Å². The Morgan fingerprint density at radius 2 is 1.86 bits per heavy atom. The van der Waals surface area contributed by atoms with Crippen molar-refractivity contribution in [3.63, 3.8) is 0 Å². The molecule has 2 aromatic rings. The second kappa shape index (κ2) is 7.81. The van der Waals surface area contributed by atoms with Crippen molar-refractivity contribution in [2.75, 3.05) is 12.4 Å². The van der Waals surface area contributed by atoms with Gasteiger partial charge in [-0.25, -0.2) is 0 Å². The van der Waals surface area contributed by atoms with Gasteiger partial charge in [-0.3, -0.25) is 0 Å². The molecule has 0 saturated heterocycles. The van der Waals surface area contributed by atoms with Gasteiger partial charge in [0.1, 0.15) is 5.75 Å². The molecule has 2 rings (SSSR count). The summed E-state index contributed by atoms with van der Waals surface area (Å²) >= 11 is 0. The molecule has 0 aliphatic rings. The third-order valence-electron chi connectivity index (χ3n) is 3.12. The first-order valence-electron chi connectivity index (χ1n) is 6.90. The van der Waals surface area contributed by atoms with Crippen molar-refractivity contribution in [1.82, 2.24) is 0 Å². The molecule has 1 atom stereocenters. The summed E-state index contributed by atoms with van der Waals surface area (Å²) in [6.45, 7) is 0. The van der Waals surface area contributed by atoms with Crippen molar-refractivity contribution in [2.45, 2.75) is 12.5 Å². The second-order valence-electron chi connectivity index (χ2n) is 4.61. The third-order valence-corrected chi connectivity index (χ3v) is 3.12. The van der Waals surface area contributed by atoms with Gasteiger partial charge in [0.05, 0.1) is 18.8 Å². The molecule has 0 radical (unpaired) electrons. The Bertz CT molecular complexity index is 626. The largest absolute Gasteiger partial charge is 0.495 e. The highest BCUT2D eigenvalue weighted by Gasteiger charge is 2.06. The number of para-hydroxylation sites is 2. The second-order valence-corrected chi connectivity index (χ2v) is 4.61. The summed E-state index contributed by atoms with van der Waals surface area (Å²) in [5.74, 6) is 3.57. The fourth-order valence-corrected chi connectivity index (χ4v) is 2.02. The molecule has 0 aliphatic heterocycles. The molecule has 2 aromatic carbocycles. The van der Waals surface area contributed by atoms with Crippen LogP contribution < -0.4 is 10.1 Å². The highest BCUT2D eigenvalue weighted by atomic mass is 16.5. The van der Waals surface area contributed by atoms with Crippen LogP contribution in [0, 0.1) is 12.3 Å². The fraction of sp³-hybridized carbons (Fsp3) is 0.158. The van der Waals surface area contributed by atoms with Crippen LogP contribution >= 0.6 is 0 Å². The number of hydrogen-bond donors (Lipinski definition) is 1. The summed E-state index contributed by atoms with van der Waals surface area (Å²) in [4.78, 5) is 0. The van der Waals surface area contributed by atoms with E-state index < -0.39 is 0 Å². The van der Waals surface area contributed by atoms with Gasteiger partial charge in [-0.15, -0.1) is 6.42 Å². The topological polar surface area (TPSA) is 21.3 Å². The Labute approximate surface area is 126 Å². The first kappa shape index (κ1) is 14.7. The molecule has 0 aliphatic carbocycles. The number of rotatable bonds is 6. The molecule has 0 heterocycles. The van der Waals surface area contributed by atoms with Gasteiger partial charge in [0.2, 0.25) is 0 Å². The molecule has 1 N–H and O–H groups in total. The normalized spacial score (nSPS) is 11.8. The summed E-state index contributed by atoms with van der Waals surface area (Å²) in [7, 11) is 1.65. The minimum absolute atomic E-state index is 0.0683. The number of nitrogens with one attached hydrogen (secondary N) is 1. The maximum Gasteiger partial charge on any atom is 0.141 e. The first-order valence-corrected chi connectivity index (χ1v) is 6.90. The van der Waals surface area contributed by atoms with E-state index in [1.165, 1.54) is 5.56 Å². The zero-order chi connectivity index (χ0) is 14.9. The van der Waals surface area contributed by atoms with Crippen molar-refractivity contribution >= 4 is 11.8 Å². The first-order chi connectivity index (χ1) is 10.3. The van der Waals surface area contributed by atoms with Gasteiger partial charge in [0, 0.05) is 0 Å². The number of hydrogen-bond acceptors (Lipinski definition) is 2. The van der Waals surface area contributed by atoms with Gasteiger partial charge in [0.15, 0.2) is 0 Å². The summed E-state index contributed by atoms with van der Waals surface area (Å²) in [6, 6.07) is 17.9. The highest BCUT2D eigenvalue weighted by molar-refractivity contribution is 5.58. The Morgan fingerprint density at radius 1 is 1.14 bits per heavy atom. The van der Waals surface area contributed by atoms with E-state index in [9.17, 15) is 0 Å². The Balaban J connectivity index is 1.98. The van der Waals surface area contributed by atoms with Crippen molar-refractivity contribution < 1.29 is 4.74 Å². The molecule has 106 valence electrons. The average Bonchev–Trinajstić information content (AvgIpc) is 2.55. The lowest BCUT2D eigenvalue weighted by Gasteiger charge is -2.15. The van der Waals surface area contributed by atoms with Gasteiger partial charge in [0.25, 0.3) is 0 Å². The van der Waals surface area contributed by atoms with Crippen molar-refractivity contribution in [2.24, 2.45) is 0 Å². The zero-order valence-electron chi connectivity index (χ0n) is 12.1. The SMILES string of the molecule is C#C[C@@H](C/C=C/c1ccccc1)Nc1ccccc1OC. The van der Waals surface area contributed by atoms with Gasteiger partial charge < -0.3 is 10.1 Å². The van der Waals surface area contributed by atoms with E-state index in [4.69, 9.17) is 11.2 Å². The molecular weight excluding hydrogens is 258 g/mol. The van der Waals surface area contributed by atoms with Crippen molar-refractivity contribution in [3.05, 3.63) is 66.2 Å². The van der Waals surface area contributed by atoms with Crippen LogP contribution in [-0.4, -0.2) is 13.2 Å². The van der Waals surface area contributed by atoms with Crippen LogP contribution in [0.5, 0.6) is 5.75 Å². The van der Waals surface area contributed by atoms with E-state index >= 15 is 0 Å². The van der Waals surface area contributed by atoms with Crippen LogP contribution in [0.4, 0.5) is 5.69 Å². The monoisotopic (exact) mass is 277 g/mol. The van der Waals surface area contributed by atoms with E-state index in [0.29, 0.717) is 0 Å². The number of benzene rings is 2. The van der Waals surface area contributed by atoms with Crippen LogP contribution in [0.2, 0.25) is 0 Å². The lowest BCUT2D eigenvalue weighted by atomic mass is 10.1. The molecule has 21 heavy (non-hydrogen) atoms. The number of anilines is 1. The van der Waals surface area contributed by atoms with Crippen molar-refractivity contribution in [3.8, 4) is 18.1 Å². The van der Waals surface area contributed by atoms with Crippen LogP contribution in [-0.2, 0) is 0 Å². The van der Waals surface area contributed by atoms with E-state index in [2.05, 4.69) is 35.5 Å². The number of ether oxygens (including phenoxy) is 1. The Kier molecular flexibility index (Phi) is 5.49. The quantitative estimate of drug-likeness (QED) is 0.798. The van der Waals surface area contributed by atoms with E-state index in [0.717, 1.165) is 17.9 Å². The van der Waals surface area contributed by atoms with E-state index in [-0.39, 0.29) is 6.04 Å². The van der Waals surface area contributed by atoms with Gasteiger partial charge in [-0.2, -0.15) is 0 Å². The van der Waals surface area contributed by atoms with Gasteiger partial charge in [-0.1, -0.05) is 60.5 Å². The lowest BCUT2D eigenvalue weighted by molar-refractivity contribution is 0.416. The predicted octanol–water partition coefficient (Wildman–Crippen LogP) is 4.21. The van der Waals surface area contributed by atoms with Crippen LogP contribution in [0.1, 0.15) is 12.0 Å². The molecule has 0 fully saturated rings. The van der Waals surface area contributed by atoms with Crippen LogP contribution in [0.15, 0.2) is 60.7 Å². The standard InChI is InChI=1S/C19H19NO/c1-3-17(13-9-12-16-10-5-4-6-11-16)20-18-14-7-8-15-19(18)21-2/h1,4-12,14-15,17,20H,13H2,2H3/b12-9+/t17-/m0/s1. The molecule has 0 saturated carbocycles. The minimum Gasteiger partial charge on any atom is -0.495 e. The van der Waals surface area contributed by atoms with Crippen LogP contribution in [0.3, 0.4) is 0 Å². The van der Waals surface area contributed by atoms with E-state index in [1.54, 1.807) is 7.11 Å². The molecule has 0 amide bonds. The fourth-order valence-electron chi connectivity index (χ4n) is 2.02. The summed E-state index contributed by atoms with van der Waals surface area (Å²) in [5.41, 5.74) is 2.08. The molecular formula is C19H19NO. The van der Waals surface area contributed by atoms with E-state index in [1.807, 2.05) is 42.5 Å². The smallest absolute Gasteiger partial charge is 0.141 e. The summed E-state index contributed by atoms with van der Waals surface area (Å²) in [5, 5.41) is 3.32. The molecule has 2 nitrogen and oxygen atoms in total. The molecule has 0 aromatic heterocycles. The highest BCUT2D eigenvalue weighted by Crippen LogP contribution is 2.24. The molecule has 2 heteroatoms. The molecule has 0 bridgehead atoms. The zero-order valence-corrected chi connectivity index (χ0v) is 12.1. The molecule has 0 spiro atoms. The Morgan fingerprint density at radius 3 is 2.57 bits per heavy atom. The minimum atomic E-state index is -0.0683. The molecule has 0 unspecified atom stereocenters. The predicted molar refractivity (Wildman–Crippen MR) is 89.3 cm³/mol. The maximum absolute atomic E-state index is 5.60. The third kappa shape index (κ3) is 4.43.